The predicted octanol–water partition coefficient (Wildman–Crippen LogP) is 7.58. The number of rotatable bonds is 6. The van der Waals surface area contributed by atoms with Crippen LogP contribution in [0, 0.1) is 6.92 Å². The van der Waals surface area contributed by atoms with Crippen LogP contribution in [-0.4, -0.2) is 9.97 Å². The summed E-state index contributed by atoms with van der Waals surface area (Å²) in [5.74, 6) is 2.26. The largest absolute Gasteiger partial charge is 0.489 e. The second-order valence-electron chi connectivity index (χ2n) is 7.84. The van der Waals surface area contributed by atoms with Gasteiger partial charge in [0.15, 0.2) is 5.82 Å². The summed E-state index contributed by atoms with van der Waals surface area (Å²) in [5, 5.41) is 5.14. The van der Waals surface area contributed by atoms with Crippen LogP contribution in [0.1, 0.15) is 11.1 Å². The molecule has 5 rings (SSSR count). The van der Waals surface area contributed by atoms with Crippen LogP contribution >= 0.6 is 11.6 Å². The van der Waals surface area contributed by atoms with Gasteiger partial charge in [-0.2, -0.15) is 0 Å². The van der Waals surface area contributed by atoms with Crippen molar-refractivity contribution < 1.29 is 4.74 Å². The molecule has 0 saturated heterocycles. The van der Waals surface area contributed by atoms with Crippen LogP contribution in [0.3, 0.4) is 0 Å². The zero-order chi connectivity index (χ0) is 22.6. The molecule has 0 bridgehead atoms. The average molecular weight is 452 g/mol. The van der Waals surface area contributed by atoms with Gasteiger partial charge >= 0.3 is 0 Å². The molecule has 4 nitrogen and oxygen atoms in total. The van der Waals surface area contributed by atoms with Crippen LogP contribution in [0.25, 0.3) is 22.3 Å². The van der Waals surface area contributed by atoms with Crippen LogP contribution < -0.4 is 10.1 Å². The molecule has 0 aliphatic rings. The first-order valence-corrected chi connectivity index (χ1v) is 11.1. The standard InChI is InChI=1S/C28H22ClN3O/c1-19-6-10-21(11-7-19)27-31-26-5-3-2-4-25(26)28(32-27)30-23-14-16-24(17-15-23)33-18-20-8-12-22(29)13-9-20/h2-17H,18H2,1H3,(H,30,31,32). The second-order valence-corrected chi connectivity index (χ2v) is 8.28. The molecule has 0 amide bonds. The molecule has 0 spiro atoms. The van der Waals surface area contributed by atoms with Gasteiger partial charge in [-0.25, -0.2) is 9.97 Å². The van der Waals surface area contributed by atoms with Crippen molar-refractivity contribution in [2.75, 3.05) is 5.32 Å². The summed E-state index contributed by atoms with van der Waals surface area (Å²) in [4.78, 5) is 9.61. The number of halogens is 1. The lowest BCUT2D eigenvalue weighted by atomic mass is 10.1. The minimum Gasteiger partial charge on any atom is -0.489 e. The molecule has 0 aliphatic carbocycles. The molecule has 5 heteroatoms. The van der Waals surface area contributed by atoms with Crippen molar-refractivity contribution >= 4 is 34.0 Å². The summed E-state index contributed by atoms with van der Waals surface area (Å²) >= 11 is 5.94. The van der Waals surface area contributed by atoms with Gasteiger partial charge in [-0.1, -0.05) is 65.7 Å². The molecule has 162 valence electrons. The van der Waals surface area contributed by atoms with Gasteiger partial charge in [0.1, 0.15) is 18.2 Å². The molecule has 5 aromatic rings. The number of aryl methyl sites for hydroxylation is 1. The van der Waals surface area contributed by atoms with Gasteiger partial charge in [0, 0.05) is 21.7 Å². The normalized spacial score (nSPS) is 10.8. The number of fused-ring (bicyclic) bond motifs is 1. The predicted molar refractivity (Wildman–Crippen MR) is 135 cm³/mol. The number of benzene rings is 4. The monoisotopic (exact) mass is 451 g/mol. The first-order valence-electron chi connectivity index (χ1n) is 10.7. The molecule has 0 saturated carbocycles. The maximum absolute atomic E-state index is 5.94. The summed E-state index contributed by atoms with van der Waals surface area (Å²) in [5.41, 5.74) is 5.08. The van der Waals surface area contributed by atoms with Gasteiger partial charge in [-0.3, -0.25) is 0 Å². The zero-order valence-electron chi connectivity index (χ0n) is 18.1. The third kappa shape index (κ3) is 4.97. The number of para-hydroxylation sites is 1. The lowest BCUT2D eigenvalue weighted by molar-refractivity contribution is 0.306. The highest BCUT2D eigenvalue weighted by molar-refractivity contribution is 6.30. The molecule has 33 heavy (non-hydrogen) atoms. The van der Waals surface area contributed by atoms with Gasteiger partial charge in [-0.05, 0) is 61.0 Å². The van der Waals surface area contributed by atoms with E-state index in [9.17, 15) is 0 Å². The third-order valence-electron chi connectivity index (χ3n) is 5.35. The Morgan fingerprint density at radius 3 is 2.27 bits per heavy atom. The van der Waals surface area contributed by atoms with E-state index in [1.165, 1.54) is 5.56 Å². The molecule has 0 atom stereocenters. The Morgan fingerprint density at radius 1 is 0.788 bits per heavy atom. The molecule has 0 fully saturated rings. The van der Waals surface area contributed by atoms with Crippen LogP contribution in [0.2, 0.25) is 5.02 Å². The second kappa shape index (κ2) is 9.31. The molecule has 4 aromatic carbocycles. The molecule has 0 unspecified atom stereocenters. The van der Waals surface area contributed by atoms with Crippen molar-refractivity contribution in [1.82, 2.24) is 9.97 Å². The molecule has 1 heterocycles. The molecule has 1 N–H and O–H groups in total. The molecule has 1 aromatic heterocycles. The Kier molecular flexibility index (Phi) is 5.92. The zero-order valence-corrected chi connectivity index (χ0v) is 18.9. The average Bonchev–Trinajstić information content (AvgIpc) is 2.85. The highest BCUT2D eigenvalue weighted by Crippen LogP contribution is 2.28. The Labute approximate surface area is 197 Å². The van der Waals surface area contributed by atoms with Crippen LogP contribution in [0.5, 0.6) is 5.75 Å². The minimum absolute atomic E-state index is 0.487. The maximum Gasteiger partial charge on any atom is 0.162 e. The molecule has 0 radical (unpaired) electrons. The van der Waals surface area contributed by atoms with Crippen molar-refractivity contribution in [2.24, 2.45) is 0 Å². The van der Waals surface area contributed by atoms with Gasteiger partial charge in [0.25, 0.3) is 0 Å². The van der Waals surface area contributed by atoms with E-state index in [-0.39, 0.29) is 0 Å². The maximum atomic E-state index is 5.94. The van der Waals surface area contributed by atoms with Crippen molar-refractivity contribution in [1.29, 1.82) is 0 Å². The van der Waals surface area contributed by atoms with Crippen LogP contribution in [0.15, 0.2) is 97.1 Å². The topological polar surface area (TPSA) is 47.0 Å². The van der Waals surface area contributed by atoms with Crippen LogP contribution in [-0.2, 0) is 6.61 Å². The minimum atomic E-state index is 0.487. The lowest BCUT2D eigenvalue weighted by Gasteiger charge is -2.12. The Hall–Kier alpha value is -3.89. The summed E-state index contributed by atoms with van der Waals surface area (Å²) in [6, 6.07) is 31.8. The SMILES string of the molecule is Cc1ccc(-c2nc(Nc3ccc(OCc4ccc(Cl)cc4)cc3)c3ccccc3n2)cc1. The van der Waals surface area contributed by atoms with Crippen molar-refractivity contribution in [3.05, 3.63) is 113 Å². The van der Waals surface area contributed by atoms with E-state index in [1.54, 1.807) is 0 Å². The number of anilines is 2. The van der Waals surface area contributed by atoms with E-state index in [2.05, 4.69) is 36.5 Å². The van der Waals surface area contributed by atoms with Gasteiger partial charge in [0.05, 0.1) is 5.52 Å². The molecule has 0 aliphatic heterocycles. The fourth-order valence-electron chi connectivity index (χ4n) is 3.52. The number of nitrogens with one attached hydrogen (secondary N) is 1. The Morgan fingerprint density at radius 2 is 1.52 bits per heavy atom. The highest BCUT2D eigenvalue weighted by atomic mass is 35.5. The first-order chi connectivity index (χ1) is 16.1. The van der Waals surface area contributed by atoms with Crippen LogP contribution in [0.4, 0.5) is 11.5 Å². The fraction of sp³-hybridized carbons (Fsp3) is 0.0714. The number of hydrogen-bond donors (Lipinski definition) is 1. The summed E-state index contributed by atoms with van der Waals surface area (Å²) in [6.07, 6.45) is 0. The fourth-order valence-corrected chi connectivity index (χ4v) is 3.65. The Bertz CT molecular complexity index is 1380. The molecular formula is C28H22ClN3O. The van der Waals surface area contributed by atoms with Gasteiger partial charge in [0.2, 0.25) is 0 Å². The summed E-state index contributed by atoms with van der Waals surface area (Å²) < 4.78 is 5.90. The number of hydrogen-bond acceptors (Lipinski definition) is 4. The third-order valence-corrected chi connectivity index (χ3v) is 5.60. The smallest absolute Gasteiger partial charge is 0.162 e. The Balaban J connectivity index is 1.38. The van der Waals surface area contributed by atoms with E-state index in [0.29, 0.717) is 12.4 Å². The summed E-state index contributed by atoms with van der Waals surface area (Å²) in [6.45, 7) is 2.56. The summed E-state index contributed by atoms with van der Waals surface area (Å²) in [7, 11) is 0. The number of nitrogens with zero attached hydrogens (tertiary/aromatic N) is 2. The van der Waals surface area contributed by atoms with Crippen molar-refractivity contribution in [3.63, 3.8) is 0 Å². The lowest BCUT2D eigenvalue weighted by Crippen LogP contribution is -2.00. The number of ether oxygens (including phenoxy) is 1. The molecular weight excluding hydrogens is 430 g/mol. The van der Waals surface area contributed by atoms with Gasteiger partial charge in [-0.15, -0.1) is 0 Å². The highest BCUT2D eigenvalue weighted by Gasteiger charge is 2.10. The van der Waals surface area contributed by atoms with Crippen molar-refractivity contribution in [2.45, 2.75) is 13.5 Å². The van der Waals surface area contributed by atoms with Gasteiger partial charge < -0.3 is 10.1 Å². The first kappa shape index (κ1) is 21.0. The quantitative estimate of drug-likeness (QED) is 0.289. The van der Waals surface area contributed by atoms with E-state index in [0.717, 1.165) is 44.3 Å². The number of aromatic nitrogens is 2. The van der Waals surface area contributed by atoms with Crippen molar-refractivity contribution in [3.8, 4) is 17.1 Å². The van der Waals surface area contributed by atoms with E-state index >= 15 is 0 Å². The van der Waals surface area contributed by atoms with E-state index < -0.39 is 0 Å². The van der Waals surface area contributed by atoms with E-state index in [1.807, 2.05) is 72.8 Å². The van der Waals surface area contributed by atoms with E-state index in [4.69, 9.17) is 26.3 Å².